The van der Waals surface area contributed by atoms with Crippen LogP contribution in [-0.2, 0) is 17.6 Å². The Bertz CT molecular complexity index is 1660. The van der Waals surface area contributed by atoms with E-state index in [1.807, 2.05) is 41.9 Å². The maximum Gasteiger partial charge on any atom is 0.251 e. The number of likely N-dealkylation sites (tertiary alicyclic amines) is 1. The summed E-state index contributed by atoms with van der Waals surface area (Å²) in [5, 5.41) is 11.9. The monoisotopic (exact) mass is 594 g/mol. The van der Waals surface area contributed by atoms with Crippen LogP contribution in [0.3, 0.4) is 0 Å². The van der Waals surface area contributed by atoms with Crippen molar-refractivity contribution in [2.45, 2.75) is 77.3 Å². The number of benzene rings is 2. The predicted octanol–water partition coefficient (Wildman–Crippen LogP) is 6.17. The van der Waals surface area contributed by atoms with Crippen LogP contribution in [0.15, 0.2) is 48.5 Å². The number of aromatic nitrogens is 3. The molecule has 2 N–H and O–H groups in total. The summed E-state index contributed by atoms with van der Waals surface area (Å²) in [4.78, 5) is 33.6. The van der Waals surface area contributed by atoms with E-state index in [1.54, 1.807) is 0 Å². The second-order valence-electron chi connectivity index (χ2n) is 12.2. The van der Waals surface area contributed by atoms with Crippen LogP contribution in [0.25, 0.3) is 27.5 Å². The van der Waals surface area contributed by atoms with E-state index in [2.05, 4.69) is 33.7 Å². The first-order chi connectivity index (χ1) is 20.9. The van der Waals surface area contributed by atoms with Crippen molar-refractivity contribution in [2.24, 2.45) is 0 Å². The van der Waals surface area contributed by atoms with E-state index in [9.17, 15) is 9.59 Å². The van der Waals surface area contributed by atoms with Crippen LogP contribution in [-0.4, -0.2) is 56.7 Å². The molecule has 2 fully saturated rings. The summed E-state index contributed by atoms with van der Waals surface area (Å²) in [5.41, 5.74) is 7.73. The standard InChI is InChI=1S/C34H38N6O2S/c1-21-20-26(12-13-27(21)33(42)36-24-16-18-39(19-17-24)25-10-6-7-11-25)40-31-28(30(38-40)23-8-4-3-5-9-23)14-15-29-32(31)43-34(37-29)35-22(2)41/h3-5,8-9,12-13,20,24-25H,6-7,10-11,14-19H2,1-2H3,(H,36,42)(H,35,37,41). The largest absolute Gasteiger partial charge is 0.349 e. The van der Waals surface area contributed by atoms with Gasteiger partial charge in [-0.25, -0.2) is 9.67 Å². The van der Waals surface area contributed by atoms with Crippen molar-refractivity contribution in [3.63, 3.8) is 0 Å². The lowest BCUT2D eigenvalue weighted by molar-refractivity contribution is -0.114. The van der Waals surface area contributed by atoms with E-state index >= 15 is 0 Å². The van der Waals surface area contributed by atoms with Gasteiger partial charge in [-0.1, -0.05) is 54.5 Å². The zero-order valence-electron chi connectivity index (χ0n) is 24.9. The number of amides is 2. The van der Waals surface area contributed by atoms with Crippen molar-refractivity contribution in [1.82, 2.24) is 25.0 Å². The minimum atomic E-state index is -0.131. The van der Waals surface area contributed by atoms with Gasteiger partial charge in [0.15, 0.2) is 5.13 Å². The smallest absolute Gasteiger partial charge is 0.251 e. The van der Waals surface area contributed by atoms with Crippen molar-refractivity contribution in [3.05, 3.63) is 70.9 Å². The lowest BCUT2D eigenvalue weighted by atomic mass is 9.95. The third-order valence-electron chi connectivity index (χ3n) is 9.24. The van der Waals surface area contributed by atoms with Gasteiger partial charge >= 0.3 is 0 Å². The molecule has 1 saturated heterocycles. The van der Waals surface area contributed by atoms with Crippen LogP contribution >= 0.6 is 11.3 Å². The Kier molecular flexibility index (Phi) is 7.61. The zero-order chi connectivity index (χ0) is 29.5. The molecule has 0 radical (unpaired) electrons. The number of rotatable bonds is 6. The van der Waals surface area contributed by atoms with Crippen LogP contribution in [0, 0.1) is 6.92 Å². The molecule has 2 aromatic carbocycles. The number of carbonyl (C=O) groups excluding carboxylic acids is 2. The summed E-state index contributed by atoms with van der Waals surface area (Å²) >= 11 is 1.49. The number of anilines is 1. The van der Waals surface area contributed by atoms with E-state index in [0.717, 1.165) is 83.6 Å². The van der Waals surface area contributed by atoms with E-state index in [0.29, 0.717) is 10.7 Å². The molecule has 9 heteroatoms. The van der Waals surface area contributed by atoms with Crippen LogP contribution in [0.2, 0.25) is 0 Å². The summed E-state index contributed by atoms with van der Waals surface area (Å²) in [6.07, 6.45) is 9.00. The molecule has 1 aliphatic heterocycles. The highest BCUT2D eigenvalue weighted by Gasteiger charge is 2.31. The zero-order valence-corrected chi connectivity index (χ0v) is 25.7. The molecular weight excluding hydrogens is 556 g/mol. The maximum absolute atomic E-state index is 13.4. The van der Waals surface area contributed by atoms with Gasteiger partial charge in [0.25, 0.3) is 5.91 Å². The highest BCUT2D eigenvalue weighted by atomic mass is 32.1. The average Bonchev–Trinajstić information content (AvgIpc) is 3.76. The topological polar surface area (TPSA) is 92.1 Å². The second kappa shape index (κ2) is 11.7. The summed E-state index contributed by atoms with van der Waals surface area (Å²) in [6.45, 7) is 5.65. The molecule has 3 heterocycles. The quantitative estimate of drug-likeness (QED) is 0.279. The van der Waals surface area contributed by atoms with Gasteiger partial charge in [0.05, 0.1) is 27.6 Å². The number of piperidine rings is 1. The summed E-state index contributed by atoms with van der Waals surface area (Å²) in [6, 6.07) is 17.2. The second-order valence-corrected chi connectivity index (χ2v) is 13.1. The van der Waals surface area contributed by atoms with Gasteiger partial charge in [0, 0.05) is 48.8 Å². The SMILES string of the molecule is CC(=O)Nc1nc2c(s1)-c1c(c(-c3ccccc3)nn1-c1ccc(C(=O)NC3CCN(C4CCCC4)CC3)c(C)c1)CC2. The molecular formula is C34H38N6O2S. The Labute approximate surface area is 256 Å². The average molecular weight is 595 g/mol. The van der Waals surface area contributed by atoms with Crippen LogP contribution in [0.4, 0.5) is 5.13 Å². The number of fused-ring (bicyclic) bond motifs is 3. The Morgan fingerprint density at radius 1 is 0.977 bits per heavy atom. The summed E-state index contributed by atoms with van der Waals surface area (Å²) < 4.78 is 2.00. The third-order valence-corrected chi connectivity index (χ3v) is 10.3. The molecule has 0 unspecified atom stereocenters. The lowest BCUT2D eigenvalue weighted by Gasteiger charge is -2.36. The first kappa shape index (κ1) is 28.0. The molecule has 4 aromatic rings. The Morgan fingerprint density at radius 2 is 1.74 bits per heavy atom. The number of thiazole rings is 1. The number of aryl methyl sites for hydroxylation is 2. The predicted molar refractivity (Wildman–Crippen MR) is 171 cm³/mol. The third kappa shape index (κ3) is 5.52. The van der Waals surface area contributed by atoms with E-state index < -0.39 is 0 Å². The van der Waals surface area contributed by atoms with Gasteiger partial charge in [-0.2, -0.15) is 5.10 Å². The van der Waals surface area contributed by atoms with Gasteiger partial charge in [-0.15, -0.1) is 0 Å². The molecule has 0 bridgehead atoms. The van der Waals surface area contributed by atoms with Gasteiger partial charge < -0.3 is 15.5 Å². The van der Waals surface area contributed by atoms with Crippen molar-refractivity contribution in [2.75, 3.05) is 18.4 Å². The normalized spacial score (nSPS) is 17.4. The summed E-state index contributed by atoms with van der Waals surface area (Å²) in [5.74, 6) is -0.130. The minimum Gasteiger partial charge on any atom is -0.349 e. The number of carbonyl (C=O) groups is 2. The van der Waals surface area contributed by atoms with Gasteiger partial charge in [0.2, 0.25) is 5.91 Å². The van der Waals surface area contributed by atoms with Crippen molar-refractivity contribution in [3.8, 4) is 27.5 Å². The fourth-order valence-corrected chi connectivity index (χ4v) is 8.18. The molecule has 1 saturated carbocycles. The fraction of sp³-hybridized carbons (Fsp3) is 0.412. The van der Waals surface area contributed by atoms with Crippen molar-refractivity contribution in [1.29, 1.82) is 0 Å². The van der Waals surface area contributed by atoms with E-state index in [4.69, 9.17) is 10.1 Å². The highest BCUT2D eigenvalue weighted by Crippen LogP contribution is 2.44. The minimum absolute atomic E-state index is 0.000488. The molecule has 0 atom stereocenters. The molecule has 43 heavy (non-hydrogen) atoms. The van der Waals surface area contributed by atoms with Gasteiger partial charge in [-0.05, 0) is 69.2 Å². The fourth-order valence-electron chi connectivity index (χ4n) is 7.06. The van der Waals surface area contributed by atoms with Crippen LogP contribution in [0.5, 0.6) is 0 Å². The van der Waals surface area contributed by atoms with E-state index in [1.165, 1.54) is 49.5 Å². The number of hydrogen-bond donors (Lipinski definition) is 2. The van der Waals surface area contributed by atoms with Gasteiger partial charge in [-0.3, -0.25) is 9.59 Å². The Morgan fingerprint density at radius 3 is 2.47 bits per heavy atom. The number of hydrogen-bond acceptors (Lipinski definition) is 6. The number of nitrogens with one attached hydrogen (secondary N) is 2. The van der Waals surface area contributed by atoms with Crippen molar-refractivity contribution >= 4 is 28.3 Å². The molecule has 3 aliphatic rings. The van der Waals surface area contributed by atoms with Crippen LogP contribution in [0.1, 0.15) is 72.6 Å². The number of nitrogens with zero attached hydrogens (tertiary/aromatic N) is 4. The van der Waals surface area contributed by atoms with E-state index in [-0.39, 0.29) is 17.9 Å². The molecule has 222 valence electrons. The maximum atomic E-state index is 13.4. The lowest BCUT2D eigenvalue weighted by Crippen LogP contribution is -2.47. The molecule has 8 nitrogen and oxygen atoms in total. The first-order valence-corrected chi connectivity index (χ1v) is 16.4. The molecule has 2 aromatic heterocycles. The first-order valence-electron chi connectivity index (χ1n) is 15.6. The molecule has 2 aliphatic carbocycles. The highest BCUT2D eigenvalue weighted by molar-refractivity contribution is 7.19. The summed E-state index contributed by atoms with van der Waals surface area (Å²) in [7, 11) is 0. The molecule has 2 amide bonds. The van der Waals surface area contributed by atoms with Gasteiger partial charge in [0.1, 0.15) is 0 Å². The van der Waals surface area contributed by atoms with Crippen molar-refractivity contribution < 1.29 is 9.59 Å². The molecule has 7 rings (SSSR count). The van der Waals surface area contributed by atoms with Crippen LogP contribution < -0.4 is 10.6 Å². The Hall–Kier alpha value is -3.82. The Balaban J connectivity index is 1.17. The molecule has 0 spiro atoms.